The molecule has 0 aliphatic carbocycles. The maximum absolute atomic E-state index is 12.4. The number of ether oxygens (including phenoxy) is 3. The third-order valence-electron chi connectivity index (χ3n) is 5.84. The van der Waals surface area contributed by atoms with Crippen molar-refractivity contribution in [2.75, 3.05) is 34.4 Å². The molecule has 0 saturated heterocycles. The molecule has 0 fully saturated rings. The van der Waals surface area contributed by atoms with E-state index in [9.17, 15) is 4.79 Å². The number of esters is 1. The summed E-state index contributed by atoms with van der Waals surface area (Å²) >= 11 is 0. The zero-order chi connectivity index (χ0) is 24.6. The smallest absolute Gasteiger partial charge is 0.306 e. The number of nitrogens with zero attached hydrogens (tertiary/aromatic N) is 1. The summed E-state index contributed by atoms with van der Waals surface area (Å²) in [7, 11) is 5.65. The molecule has 0 amide bonds. The van der Waals surface area contributed by atoms with E-state index in [2.05, 4.69) is 25.1 Å². The number of methoxy groups -OCH3 is 1. The van der Waals surface area contributed by atoms with Crippen LogP contribution in [0.4, 0.5) is 0 Å². The average Bonchev–Trinajstić information content (AvgIpc) is 2.84. The summed E-state index contributed by atoms with van der Waals surface area (Å²) in [5.74, 6) is 1.59. The average molecular weight is 470 g/mol. The number of hydrogen-bond acceptors (Lipinski definition) is 5. The van der Waals surface area contributed by atoms with Crippen LogP contribution >= 0.6 is 0 Å². The quantitative estimate of drug-likeness (QED) is 0.207. The Morgan fingerprint density at radius 3 is 2.32 bits per heavy atom. The number of aryl methyl sites for hydroxylation is 2. The molecule has 2 aromatic rings. The van der Waals surface area contributed by atoms with Crippen LogP contribution in [0.25, 0.3) is 0 Å². The molecule has 2 aromatic carbocycles. The van der Waals surface area contributed by atoms with Gasteiger partial charge in [-0.1, -0.05) is 69.4 Å². The Kier molecular flexibility index (Phi) is 13.2. The number of rotatable bonds is 17. The van der Waals surface area contributed by atoms with Gasteiger partial charge in [-0.05, 0) is 62.7 Å². The minimum Gasteiger partial charge on any atom is -0.497 e. The highest BCUT2D eigenvalue weighted by molar-refractivity contribution is 5.69. The topological polar surface area (TPSA) is 48.0 Å². The third kappa shape index (κ3) is 11.1. The van der Waals surface area contributed by atoms with Gasteiger partial charge in [-0.25, -0.2) is 0 Å². The number of hydrogen-bond donors (Lipinski definition) is 0. The van der Waals surface area contributed by atoms with Gasteiger partial charge in [0, 0.05) is 13.0 Å². The first-order valence-electron chi connectivity index (χ1n) is 12.7. The molecule has 0 bridgehead atoms. The number of para-hydroxylation sites is 1. The van der Waals surface area contributed by atoms with Gasteiger partial charge in [0.05, 0.1) is 7.11 Å². The maximum atomic E-state index is 12.4. The van der Waals surface area contributed by atoms with Crippen LogP contribution in [0, 0.1) is 0 Å². The number of likely N-dealkylation sites (N-methyl/N-ethyl adjacent to an activating group) is 1. The van der Waals surface area contributed by atoms with Gasteiger partial charge in [-0.15, -0.1) is 0 Å². The van der Waals surface area contributed by atoms with Crippen molar-refractivity contribution in [3.8, 4) is 11.5 Å². The van der Waals surface area contributed by atoms with Crippen molar-refractivity contribution in [3.63, 3.8) is 0 Å². The summed E-state index contributed by atoms with van der Waals surface area (Å²) in [6.07, 6.45) is 8.91. The van der Waals surface area contributed by atoms with E-state index in [1.807, 2.05) is 49.3 Å². The van der Waals surface area contributed by atoms with E-state index >= 15 is 0 Å². The van der Waals surface area contributed by atoms with Crippen molar-refractivity contribution in [2.24, 2.45) is 0 Å². The van der Waals surface area contributed by atoms with Crippen LogP contribution in [-0.4, -0.2) is 51.3 Å². The van der Waals surface area contributed by atoms with Gasteiger partial charge in [0.2, 0.25) is 0 Å². The van der Waals surface area contributed by atoms with Gasteiger partial charge in [-0.3, -0.25) is 4.79 Å². The van der Waals surface area contributed by atoms with Crippen molar-refractivity contribution in [3.05, 3.63) is 59.7 Å². The highest BCUT2D eigenvalue weighted by Crippen LogP contribution is 2.21. The standard InChI is InChI=1S/C29H43NO4/c1-5-6-7-8-9-10-15-29(31)34-27(22-30(2)3)23-33-28-14-12-11-13-25(28)19-16-24-17-20-26(32-4)21-18-24/h11-14,17-18,20-21,27H,5-10,15-16,19,22-23H2,1-4H3. The van der Waals surface area contributed by atoms with Crippen molar-refractivity contribution < 1.29 is 19.0 Å². The van der Waals surface area contributed by atoms with Crippen molar-refractivity contribution in [1.29, 1.82) is 0 Å². The lowest BCUT2D eigenvalue weighted by Crippen LogP contribution is -2.35. The van der Waals surface area contributed by atoms with Crippen LogP contribution in [0.2, 0.25) is 0 Å². The fraction of sp³-hybridized carbons (Fsp3) is 0.552. The highest BCUT2D eigenvalue weighted by atomic mass is 16.6. The van der Waals surface area contributed by atoms with E-state index in [1.165, 1.54) is 31.2 Å². The summed E-state index contributed by atoms with van der Waals surface area (Å²) in [5.41, 5.74) is 2.41. The van der Waals surface area contributed by atoms with E-state index in [0.717, 1.165) is 42.7 Å². The van der Waals surface area contributed by atoms with Gasteiger partial charge in [-0.2, -0.15) is 0 Å². The molecule has 0 radical (unpaired) electrons. The molecule has 0 aromatic heterocycles. The Labute approximate surface area is 206 Å². The van der Waals surface area contributed by atoms with E-state index in [1.54, 1.807) is 7.11 Å². The molecule has 0 N–H and O–H groups in total. The Morgan fingerprint density at radius 2 is 1.62 bits per heavy atom. The zero-order valence-electron chi connectivity index (χ0n) is 21.6. The lowest BCUT2D eigenvalue weighted by Gasteiger charge is -2.22. The Hall–Kier alpha value is -2.53. The number of benzene rings is 2. The van der Waals surface area contributed by atoms with E-state index in [-0.39, 0.29) is 12.1 Å². The Bertz CT molecular complexity index is 819. The van der Waals surface area contributed by atoms with Gasteiger partial charge >= 0.3 is 5.97 Å². The largest absolute Gasteiger partial charge is 0.497 e. The van der Waals surface area contributed by atoms with Gasteiger partial charge in [0.25, 0.3) is 0 Å². The molecule has 1 unspecified atom stereocenters. The second-order valence-corrected chi connectivity index (χ2v) is 9.16. The van der Waals surface area contributed by atoms with Crippen LogP contribution in [0.5, 0.6) is 11.5 Å². The summed E-state index contributed by atoms with van der Waals surface area (Å²) in [4.78, 5) is 14.4. The minimum absolute atomic E-state index is 0.126. The highest BCUT2D eigenvalue weighted by Gasteiger charge is 2.17. The van der Waals surface area contributed by atoms with Crippen LogP contribution in [0.15, 0.2) is 48.5 Å². The van der Waals surface area contributed by atoms with Crippen LogP contribution in [0.3, 0.4) is 0 Å². The molecule has 1 atom stereocenters. The Balaban J connectivity index is 1.86. The van der Waals surface area contributed by atoms with Crippen molar-refractivity contribution >= 4 is 5.97 Å². The van der Waals surface area contributed by atoms with Crippen LogP contribution in [-0.2, 0) is 22.4 Å². The van der Waals surface area contributed by atoms with Gasteiger partial charge < -0.3 is 19.1 Å². The molecule has 0 saturated carbocycles. The minimum atomic E-state index is -0.294. The molecule has 5 heteroatoms. The molecular weight excluding hydrogens is 426 g/mol. The molecule has 0 spiro atoms. The SMILES string of the molecule is CCCCCCCCC(=O)OC(COc1ccccc1CCc1ccc(OC)cc1)CN(C)C. The van der Waals surface area contributed by atoms with Crippen LogP contribution < -0.4 is 9.47 Å². The van der Waals surface area contributed by atoms with Crippen molar-refractivity contribution in [1.82, 2.24) is 4.90 Å². The Morgan fingerprint density at radius 1 is 0.912 bits per heavy atom. The van der Waals surface area contributed by atoms with Crippen LogP contribution in [0.1, 0.15) is 63.0 Å². The maximum Gasteiger partial charge on any atom is 0.306 e. The number of unbranched alkanes of at least 4 members (excludes halogenated alkanes) is 5. The predicted octanol–water partition coefficient (Wildman–Crippen LogP) is 6.08. The van der Waals surface area contributed by atoms with Crippen molar-refractivity contribution in [2.45, 2.75) is 70.8 Å². The molecule has 0 aliphatic rings. The number of carbonyl (C=O) groups is 1. The monoisotopic (exact) mass is 469 g/mol. The first-order chi connectivity index (χ1) is 16.5. The lowest BCUT2D eigenvalue weighted by molar-refractivity contribution is -0.151. The fourth-order valence-electron chi connectivity index (χ4n) is 3.93. The molecule has 188 valence electrons. The molecule has 34 heavy (non-hydrogen) atoms. The summed E-state index contributed by atoms with van der Waals surface area (Å²) in [6.45, 7) is 3.19. The predicted molar refractivity (Wildman–Crippen MR) is 139 cm³/mol. The second-order valence-electron chi connectivity index (χ2n) is 9.16. The normalized spacial score (nSPS) is 11.9. The third-order valence-corrected chi connectivity index (χ3v) is 5.84. The second kappa shape index (κ2) is 16.2. The molecule has 0 heterocycles. The van der Waals surface area contributed by atoms with E-state index < -0.39 is 0 Å². The van der Waals surface area contributed by atoms with E-state index in [0.29, 0.717) is 19.6 Å². The summed E-state index contributed by atoms with van der Waals surface area (Å²) < 4.78 is 17.2. The zero-order valence-corrected chi connectivity index (χ0v) is 21.6. The molecule has 2 rings (SSSR count). The van der Waals surface area contributed by atoms with Gasteiger partial charge in [0.15, 0.2) is 0 Å². The molecule has 0 aliphatic heterocycles. The summed E-state index contributed by atoms with van der Waals surface area (Å²) in [6, 6.07) is 16.3. The first-order valence-corrected chi connectivity index (χ1v) is 12.7. The molecular formula is C29H43NO4. The fourth-order valence-corrected chi connectivity index (χ4v) is 3.93. The first kappa shape index (κ1) is 27.7. The lowest BCUT2D eigenvalue weighted by atomic mass is 10.0. The summed E-state index contributed by atoms with van der Waals surface area (Å²) in [5, 5.41) is 0. The van der Waals surface area contributed by atoms with Gasteiger partial charge in [0.1, 0.15) is 24.2 Å². The number of carbonyl (C=O) groups excluding carboxylic acids is 1. The van der Waals surface area contributed by atoms with E-state index in [4.69, 9.17) is 14.2 Å². The molecule has 5 nitrogen and oxygen atoms in total.